The van der Waals surface area contributed by atoms with Crippen molar-refractivity contribution in [1.82, 2.24) is 9.97 Å². The quantitative estimate of drug-likeness (QED) is 0.289. The Labute approximate surface area is 181 Å². The van der Waals surface area contributed by atoms with E-state index in [2.05, 4.69) is 35.1 Å². The molecule has 0 bridgehead atoms. The van der Waals surface area contributed by atoms with E-state index in [0.29, 0.717) is 22.1 Å². The first kappa shape index (κ1) is 18.5. The van der Waals surface area contributed by atoms with Gasteiger partial charge >= 0.3 is 0 Å². The summed E-state index contributed by atoms with van der Waals surface area (Å²) in [7, 11) is 0. The number of furan rings is 1. The maximum Gasteiger partial charge on any atom is 0.163 e. The van der Waals surface area contributed by atoms with Crippen LogP contribution in [0.2, 0.25) is 0 Å². The molecule has 4 nitrogen and oxygen atoms in total. The van der Waals surface area contributed by atoms with Gasteiger partial charge in [-0.2, -0.15) is 5.26 Å². The normalized spacial score (nSPS) is 11.7. The van der Waals surface area contributed by atoms with Crippen LogP contribution in [0.3, 0.4) is 0 Å². The second kappa shape index (κ2) is 7.71. The summed E-state index contributed by atoms with van der Waals surface area (Å²) in [6.45, 7) is 2.05. The zero-order valence-electron chi connectivity index (χ0n) is 16.0. The van der Waals surface area contributed by atoms with Gasteiger partial charge in [-0.15, -0.1) is 22.7 Å². The number of rotatable bonds is 4. The molecule has 3 heterocycles. The third-order valence-corrected chi connectivity index (χ3v) is 6.55. The van der Waals surface area contributed by atoms with E-state index in [4.69, 9.17) is 4.42 Å². The molecule has 0 amide bonds. The van der Waals surface area contributed by atoms with Crippen LogP contribution in [-0.2, 0) is 0 Å². The van der Waals surface area contributed by atoms with E-state index in [0.717, 1.165) is 26.5 Å². The Morgan fingerprint density at radius 1 is 1.03 bits per heavy atom. The predicted octanol–water partition coefficient (Wildman–Crippen LogP) is 7.05. The molecule has 6 heteroatoms. The molecule has 0 spiro atoms. The first-order valence-corrected chi connectivity index (χ1v) is 11.0. The van der Waals surface area contributed by atoms with E-state index in [1.165, 1.54) is 16.9 Å². The largest absolute Gasteiger partial charge is 0.454 e. The molecule has 0 aliphatic rings. The molecule has 0 saturated heterocycles. The smallest absolute Gasteiger partial charge is 0.163 e. The van der Waals surface area contributed by atoms with Gasteiger partial charge in [0, 0.05) is 17.0 Å². The molecule has 0 N–H and O–H groups in total. The first-order valence-electron chi connectivity index (χ1n) is 9.30. The number of aryl methyl sites for hydroxylation is 1. The highest BCUT2D eigenvalue weighted by Gasteiger charge is 2.13. The summed E-state index contributed by atoms with van der Waals surface area (Å²) < 4.78 is 7.07. The summed E-state index contributed by atoms with van der Waals surface area (Å²) in [5.74, 6) is 1.30. The maximum absolute atomic E-state index is 9.67. The summed E-state index contributed by atoms with van der Waals surface area (Å²) in [4.78, 5) is 9.27. The van der Waals surface area contributed by atoms with E-state index in [1.54, 1.807) is 17.4 Å². The molecule has 0 saturated carbocycles. The van der Waals surface area contributed by atoms with Crippen LogP contribution in [-0.4, -0.2) is 9.97 Å². The van der Waals surface area contributed by atoms with Crippen LogP contribution >= 0.6 is 22.7 Å². The average Bonchev–Trinajstić information content (AvgIpc) is 3.51. The van der Waals surface area contributed by atoms with Crippen molar-refractivity contribution >= 4 is 44.5 Å². The van der Waals surface area contributed by atoms with Crippen molar-refractivity contribution in [3.63, 3.8) is 0 Å². The van der Waals surface area contributed by atoms with Gasteiger partial charge in [0.2, 0.25) is 0 Å². The van der Waals surface area contributed by atoms with Crippen molar-refractivity contribution in [1.29, 1.82) is 5.26 Å². The van der Waals surface area contributed by atoms with Gasteiger partial charge < -0.3 is 4.42 Å². The molecule has 30 heavy (non-hydrogen) atoms. The molecule has 0 radical (unpaired) electrons. The third kappa shape index (κ3) is 3.57. The zero-order valence-corrected chi connectivity index (χ0v) is 17.6. The predicted molar refractivity (Wildman–Crippen MR) is 123 cm³/mol. The lowest BCUT2D eigenvalue weighted by molar-refractivity contribution is 0.571. The van der Waals surface area contributed by atoms with Crippen LogP contribution in [0.4, 0.5) is 0 Å². The topological polar surface area (TPSA) is 62.7 Å². The number of nitrogens with zero attached hydrogens (tertiary/aromatic N) is 3. The minimum atomic E-state index is 0.476. The van der Waals surface area contributed by atoms with Crippen molar-refractivity contribution in [2.75, 3.05) is 0 Å². The molecule has 5 rings (SSSR count). The Kier molecular flexibility index (Phi) is 4.75. The SMILES string of the molecule is Cc1ccc(-c2csc(/C(C#N)=C/c3ccc(-c4nc5ccccc5s4)o3)n2)cc1. The van der Waals surface area contributed by atoms with Crippen molar-refractivity contribution in [3.05, 3.63) is 82.4 Å². The van der Waals surface area contributed by atoms with Gasteiger partial charge in [0.15, 0.2) is 10.8 Å². The first-order chi connectivity index (χ1) is 14.7. The van der Waals surface area contributed by atoms with Crippen molar-refractivity contribution in [2.45, 2.75) is 6.92 Å². The summed E-state index contributed by atoms with van der Waals surface area (Å²) in [5.41, 5.74) is 4.54. The van der Waals surface area contributed by atoms with E-state index >= 15 is 0 Å². The van der Waals surface area contributed by atoms with Gasteiger partial charge in [-0.25, -0.2) is 9.97 Å². The van der Waals surface area contributed by atoms with Crippen LogP contribution in [0.25, 0.3) is 43.9 Å². The zero-order chi connectivity index (χ0) is 20.5. The summed E-state index contributed by atoms with van der Waals surface area (Å²) >= 11 is 3.04. The maximum atomic E-state index is 9.67. The fourth-order valence-electron chi connectivity index (χ4n) is 3.06. The number of hydrogen-bond acceptors (Lipinski definition) is 6. The van der Waals surface area contributed by atoms with Crippen LogP contribution in [0.15, 0.2) is 70.5 Å². The van der Waals surface area contributed by atoms with Crippen molar-refractivity contribution < 1.29 is 4.42 Å². The van der Waals surface area contributed by atoms with Crippen LogP contribution in [0, 0.1) is 18.3 Å². The monoisotopic (exact) mass is 425 g/mol. The van der Waals surface area contributed by atoms with E-state index in [1.807, 2.05) is 53.9 Å². The lowest BCUT2D eigenvalue weighted by Crippen LogP contribution is -1.82. The Bertz CT molecular complexity index is 1380. The average molecular weight is 426 g/mol. The fraction of sp³-hybridized carbons (Fsp3) is 0.0417. The van der Waals surface area contributed by atoms with Gasteiger partial charge in [-0.1, -0.05) is 42.0 Å². The molecular weight excluding hydrogens is 410 g/mol. The highest BCUT2D eigenvalue weighted by Crippen LogP contribution is 2.32. The van der Waals surface area contributed by atoms with Gasteiger partial charge in [0.05, 0.1) is 21.5 Å². The van der Waals surface area contributed by atoms with E-state index in [9.17, 15) is 5.26 Å². The van der Waals surface area contributed by atoms with Gasteiger partial charge in [-0.3, -0.25) is 0 Å². The summed E-state index contributed by atoms with van der Waals surface area (Å²) in [6, 6.07) is 22.2. The molecule has 5 aromatic rings. The molecule has 0 aliphatic heterocycles. The molecular formula is C24H15N3OS2. The lowest BCUT2D eigenvalue weighted by Gasteiger charge is -1.97. The number of fused-ring (bicyclic) bond motifs is 1. The number of allylic oxidation sites excluding steroid dienone is 1. The molecule has 0 aliphatic carbocycles. The van der Waals surface area contributed by atoms with Crippen molar-refractivity contribution in [3.8, 4) is 28.1 Å². The molecule has 0 unspecified atom stereocenters. The Morgan fingerprint density at radius 2 is 1.87 bits per heavy atom. The molecule has 0 fully saturated rings. The second-order valence-corrected chi connectivity index (χ2v) is 8.65. The minimum absolute atomic E-state index is 0.476. The highest BCUT2D eigenvalue weighted by atomic mass is 32.1. The number of aromatic nitrogens is 2. The molecule has 144 valence electrons. The fourth-order valence-corrected chi connectivity index (χ4v) is 4.78. The van der Waals surface area contributed by atoms with Crippen LogP contribution in [0.5, 0.6) is 0 Å². The van der Waals surface area contributed by atoms with E-state index in [-0.39, 0.29) is 0 Å². The lowest BCUT2D eigenvalue weighted by atomic mass is 10.1. The van der Waals surface area contributed by atoms with Crippen LogP contribution in [0.1, 0.15) is 16.3 Å². The van der Waals surface area contributed by atoms with Crippen LogP contribution < -0.4 is 0 Å². The van der Waals surface area contributed by atoms with E-state index < -0.39 is 0 Å². The second-order valence-electron chi connectivity index (χ2n) is 6.76. The Morgan fingerprint density at radius 3 is 2.67 bits per heavy atom. The molecule has 0 atom stereocenters. The number of benzene rings is 2. The summed E-state index contributed by atoms with van der Waals surface area (Å²) in [6.07, 6.45) is 1.73. The number of nitriles is 1. The number of para-hydroxylation sites is 1. The standard InChI is InChI=1S/C24H15N3OS2/c1-15-6-8-16(9-7-15)20-14-29-23(27-20)17(13-25)12-18-10-11-21(28-18)24-26-19-4-2-3-5-22(19)30-24/h2-12,14H,1H3/b17-12+. The van der Waals surface area contributed by atoms with Gasteiger partial charge in [-0.05, 0) is 31.2 Å². The Hall–Kier alpha value is -3.53. The number of thiazole rings is 2. The third-order valence-electron chi connectivity index (χ3n) is 4.62. The summed E-state index contributed by atoms with van der Waals surface area (Å²) in [5, 5.41) is 13.1. The minimum Gasteiger partial charge on any atom is -0.454 e. The highest BCUT2D eigenvalue weighted by molar-refractivity contribution is 7.21. The van der Waals surface area contributed by atoms with Gasteiger partial charge in [0.1, 0.15) is 16.8 Å². The van der Waals surface area contributed by atoms with Gasteiger partial charge in [0.25, 0.3) is 0 Å². The molecule has 2 aromatic carbocycles. The van der Waals surface area contributed by atoms with Crippen molar-refractivity contribution in [2.24, 2.45) is 0 Å². The molecule has 3 aromatic heterocycles. The number of hydrogen-bond donors (Lipinski definition) is 0. The Balaban J connectivity index is 1.44.